The molecule has 3 heterocycles. The maximum Gasteiger partial charge on any atom is 0.194 e. The first-order chi connectivity index (χ1) is 13.3. The zero-order valence-electron chi connectivity index (χ0n) is 14.0. The van der Waals surface area contributed by atoms with Gasteiger partial charge in [-0.2, -0.15) is 5.26 Å². The zero-order chi connectivity index (χ0) is 18.2. The SMILES string of the molecule is N#C/C(=C/c1c(-c2ccccc2)nc2sccn12)c1nc2ccccc2s1. The lowest BCUT2D eigenvalue weighted by Gasteiger charge is -2.01. The number of imidazole rings is 1. The molecule has 0 unspecified atom stereocenters. The van der Waals surface area contributed by atoms with Crippen molar-refractivity contribution >= 4 is 49.5 Å². The van der Waals surface area contributed by atoms with Crippen LogP contribution in [0.15, 0.2) is 66.2 Å². The van der Waals surface area contributed by atoms with Gasteiger partial charge in [0.25, 0.3) is 0 Å². The van der Waals surface area contributed by atoms with Crippen LogP contribution in [0, 0.1) is 11.3 Å². The summed E-state index contributed by atoms with van der Waals surface area (Å²) in [6, 6.07) is 20.3. The van der Waals surface area contributed by atoms with Gasteiger partial charge in [0.05, 0.1) is 27.2 Å². The summed E-state index contributed by atoms with van der Waals surface area (Å²) in [4.78, 5) is 10.3. The van der Waals surface area contributed by atoms with E-state index < -0.39 is 0 Å². The summed E-state index contributed by atoms with van der Waals surface area (Å²) in [6.07, 6.45) is 3.88. The molecule has 0 spiro atoms. The number of nitrogens with zero attached hydrogens (tertiary/aromatic N) is 4. The minimum atomic E-state index is 0.543. The fourth-order valence-corrected chi connectivity index (χ4v) is 4.67. The summed E-state index contributed by atoms with van der Waals surface area (Å²) in [6.45, 7) is 0. The van der Waals surface area contributed by atoms with Crippen LogP contribution >= 0.6 is 22.7 Å². The minimum absolute atomic E-state index is 0.543. The summed E-state index contributed by atoms with van der Waals surface area (Å²) < 4.78 is 3.10. The van der Waals surface area contributed by atoms with Crippen LogP contribution < -0.4 is 0 Å². The largest absolute Gasteiger partial charge is 0.290 e. The molecule has 0 fully saturated rings. The fourth-order valence-electron chi connectivity index (χ4n) is 3.02. The normalized spacial score (nSPS) is 11.9. The third kappa shape index (κ3) is 2.74. The van der Waals surface area contributed by atoms with Gasteiger partial charge in [-0.05, 0) is 18.2 Å². The molecule has 0 saturated heterocycles. The van der Waals surface area contributed by atoms with Gasteiger partial charge >= 0.3 is 0 Å². The lowest BCUT2D eigenvalue weighted by atomic mass is 10.1. The third-order valence-corrected chi connectivity index (χ3v) is 6.10. The molecule has 0 saturated carbocycles. The van der Waals surface area contributed by atoms with Crippen molar-refractivity contribution in [3.63, 3.8) is 0 Å². The van der Waals surface area contributed by atoms with Gasteiger partial charge in [-0.1, -0.05) is 42.5 Å². The van der Waals surface area contributed by atoms with Crippen molar-refractivity contribution in [2.45, 2.75) is 0 Å². The monoisotopic (exact) mass is 384 g/mol. The van der Waals surface area contributed by atoms with Crippen molar-refractivity contribution in [3.05, 3.63) is 76.9 Å². The third-order valence-electron chi connectivity index (χ3n) is 4.27. The van der Waals surface area contributed by atoms with Crippen LogP contribution in [0.2, 0.25) is 0 Å². The van der Waals surface area contributed by atoms with E-state index in [1.807, 2.05) is 76.7 Å². The second kappa shape index (κ2) is 6.47. The Morgan fingerprint density at radius 3 is 2.67 bits per heavy atom. The van der Waals surface area contributed by atoms with Crippen LogP contribution in [0.3, 0.4) is 0 Å². The van der Waals surface area contributed by atoms with Gasteiger partial charge in [0.2, 0.25) is 0 Å². The molecule has 0 N–H and O–H groups in total. The summed E-state index contributed by atoms with van der Waals surface area (Å²) in [5.41, 5.74) is 4.25. The van der Waals surface area contributed by atoms with E-state index >= 15 is 0 Å². The van der Waals surface area contributed by atoms with E-state index in [-0.39, 0.29) is 0 Å². The standard InChI is InChI=1S/C21H12N4S2/c22-13-15(20-23-16-8-4-5-9-18(16)27-20)12-17-19(14-6-2-1-3-7-14)24-21-25(17)10-11-26-21/h1-12H/b15-12-. The van der Waals surface area contributed by atoms with Crippen molar-refractivity contribution in [2.24, 2.45) is 0 Å². The van der Waals surface area contributed by atoms with Crippen molar-refractivity contribution in [3.8, 4) is 17.3 Å². The second-order valence-electron chi connectivity index (χ2n) is 5.92. The Morgan fingerprint density at radius 2 is 1.85 bits per heavy atom. The number of nitriles is 1. The molecule has 5 aromatic rings. The average Bonchev–Trinajstić information content (AvgIpc) is 3.41. The topological polar surface area (TPSA) is 54.0 Å². The van der Waals surface area contributed by atoms with Crippen molar-refractivity contribution in [2.75, 3.05) is 0 Å². The molecule has 0 aliphatic carbocycles. The molecule has 27 heavy (non-hydrogen) atoms. The molecule has 128 valence electrons. The van der Waals surface area contributed by atoms with Gasteiger partial charge in [-0.25, -0.2) is 9.97 Å². The fraction of sp³-hybridized carbons (Fsp3) is 0. The van der Waals surface area contributed by atoms with Crippen LogP contribution in [-0.2, 0) is 0 Å². The van der Waals surface area contributed by atoms with Gasteiger partial charge in [-0.3, -0.25) is 4.40 Å². The molecule has 0 aliphatic heterocycles. The molecule has 0 aliphatic rings. The number of hydrogen-bond acceptors (Lipinski definition) is 5. The van der Waals surface area contributed by atoms with Gasteiger partial charge in [0.15, 0.2) is 4.96 Å². The minimum Gasteiger partial charge on any atom is -0.290 e. The first kappa shape index (κ1) is 15.9. The highest BCUT2D eigenvalue weighted by Crippen LogP contribution is 2.32. The van der Waals surface area contributed by atoms with E-state index in [4.69, 9.17) is 4.98 Å². The maximum absolute atomic E-state index is 9.81. The van der Waals surface area contributed by atoms with E-state index in [1.54, 1.807) is 11.3 Å². The smallest absolute Gasteiger partial charge is 0.194 e. The second-order valence-corrected chi connectivity index (χ2v) is 7.83. The maximum atomic E-state index is 9.81. The summed E-state index contributed by atoms with van der Waals surface area (Å²) in [5, 5.41) is 12.5. The van der Waals surface area contributed by atoms with Crippen LogP contribution in [0.4, 0.5) is 0 Å². The lowest BCUT2D eigenvalue weighted by molar-refractivity contribution is 1.21. The van der Waals surface area contributed by atoms with Crippen molar-refractivity contribution in [1.82, 2.24) is 14.4 Å². The Hall–Kier alpha value is -3.27. The van der Waals surface area contributed by atoms with E-state index in [0.717, 1.165) is 37.1 Å². The predicted octanol–water partition coefficient (Wildman–Crippen LogP) is 5.74. The van der Waals surface area contributed by atoms with E-state index in [2.05, 4.69) is 11.1 Å². The number of fused-ring (bicyclic) bond motifs is 2. The van der Waals surface area contributed by atoms with Gasteiger partial charge < -0.3 is 0 Å². The molecule has 0 bridgehead atoms. The first-order valence-corrected chi connectivity index (χ1v) is 10.0. The van der Waals surface area contributed by atoms with E-state index in [9.17, 15) is 5.26 Å². The van der Waals surface area contributed by atoms with Crippen LogP contribution in [0.25, 0.3) is 38.1 Å². The molecule has 0 amide bonds. The first-order valence-electron chi connectivity index (χ1n) is 8.32. The highest BCUT2D eigenvalue weighted by atomic mass is 32.1. The molecule has 4 nitrogen and oxygen atoms in total. The average molecular weight is 384 g/mol. The molecule has 5 rings (SSSR count). The number of allylic oxidation sites excluding steroid dienone is 1. The predicted molar refractivity (Wildman–Crippen MR) is 112 cm³/mol. The number of para-hydroxylation sites is 1. The molecule has 6 heteroatoms. The number of rotatable bonds is 3. The van der Waals surface area contributed by atoms with E-state index in [0.29, 0.717) is 5.57 Å². The number of hydrogen-bond donors (Lipinski definition) is 0. The Kier molecular flexibility index (Phi) is 3.82. The Balaban J connectivity index is 1.72. The van der Waals surface area contributed by atoms with Crippen LogP contribution in [-0.4, -0.2) is 14.4 Å². The van der Waals surface area contributed by atoms with Crippen LogP contribution in [0.5, 0.6) is 0 Å². The zero-order valence-corrected chi connectivity index (χ0v) is 15.7. The molecular formula is C21H12N4S2. The lowest BCUT2D eigenvalue weighted by Crippen LogP contribution is -1.88. The van der Waals surface area contributed by atoms with E-state index in [1.165, 1.54) is 11.3 Å². The van der Waals surface area contributed by atoms with Crippen molar-refractivity contribution < 1.29 is 0 Å². The highest BCUT2D eigenvalue weighted by molar-refractivity contribution is 7.19. The molecule has 3 aromatic heterocycles. The Morgan fingerprint density at radius 1 is 1.04 bits per heavy atom. The molecule has 2 aromatic carbocycles. The van der Waals surface area contributed by atoms with Gasteiger partial charge in [-0.15, -0.1) is 22.7 Å². The van der Waals surface area contributed by atoms with Gasteiger partial charge in [0.1, 0.15) is 11.1 Å². The van der Waals surface area contributed by atoms with Gasteiger partial charge in [0, 0.05) is 17.1 Å². The quantitative estimate of drug-likeness (QED) is 0.373. The van der Waals surface area contributed by atoms with Crippen LogP contribution in [0.1, 0.15) is 10.7 Å². The molecule has 0 atom stereocenters. The summed E-state index contributed by atoms with van der Waals surface area (Å²) in [5.74, 6) is 0. The highest BCUT2D eigenvalue weighted by Gasteiger charge is 2.16. The Bertz CT molecular complexity index is 1300. The number of thiazole rings is 2. The number of aromatic nitrogens is 3. The summed E-state index contributed by atoms with van der Waals surface area (Å²) >= 11 is 3.11. The summed E-state index contributed by atoms with van der Waals surface area (Å²) in [7, 11) is 0. The Labute approximate surface area is 163 Å². The molecular weight excluding hydrogens is 372 g/mol. The van der Waals surface area contributed by atoms with Crippen molar-refractivity contribution in [1.29, 1.82) is 5.26 Å². The number of benzene rings is 2. The molecule has 0 radical (unpaired) electrons.